The van der Waals surface area contributed by atoms with E-state index in [2.05, 4.69) is 44.6 Å². The summed E-state index contributed by atoms with van der Waals surface area (Å²) in [7, 11) is 1.15. The number of aliphatic hydroxyl groups is 1. The van der Waals surface area contributed by atoms with Crippen molar-refractivity contribution in [1.29, 1.82) is 0 Å². The van der Waals surface area contributed by atoms with Gasteiger partial charge in [-0.05, 0) is 60.8 Å². The van der Waals surface area contributed by atoms with Crippen molar-refractivity contribution in [1.82, 2.24) is 0 Å². The summed E-state index contributed by atoms with van der Waals surface area (Å²) in [5, 5.41) is 9.60. The summed E-state index contributed by atoms with van der Waals surface area (Å²) in [4.78, 5) is 0. The van der Waals surface area contributed by atoms with Crippen molar-refractivity contribution < 1.29 is 32.1 Å². The van der Waals surface area contributed by atoms with Crippen LogP contribution < -0.4 is 4.74 Å². The number of aliphatic hydroxyl groups excluding tert-OH is 1. The monoisotopic (exact) mass is 520 g/mol. The predicted molar refractivity (Wildman–Crippen MR) is 142 cm³/mol. The van der Waals surface area contributed by atoms with E-state index in [1.807, 2.05) is 6.08 Å². The number of halogens is 4. The maximum Gasteiger partial charge on any atom is 0.200 e. The minimum absolute atomic E-state index is 0.0619. The van der Waals surface area contributed by atoms with Crippen LogP contribution in [0.15, 0.2) is 97.4 Å². The Kier molecular flexibility index (Phi) is 13.5. The number of hydrogen-bond acceptors (Lipinski definition) is 3. The SMILES string of the molecule is C=C(/C=C\C(=C)C(=C)/C(F)=C(/F)C(=C)OC)COc1ccc(C2CCC(O)CC2)c(F)c1F.C=CCC. The molecule has 2 rings (SSSR count). The lowest BCUT2D eigenvalue weighted by Crippen LogP contribution is -2.18. The van der Waals surface area contributed by atoms with E-state index >= 15 is 0 Å². The third-order valence-electron chi connectivity index (χ3n) is 5.77. The van der Waals surface area contributed by atoms with Crippen LogP contribution in [0.4, 0.5) is 17.6 Å². The van der Waals surface area contributed by atoms with E-state index in [1.54, 1.807) is 0 Å². The summed E-state index contributed by atoms with van der Waals surface area (Å²) in [6.07, 6.45) is 7.62. The predicted octanol–water partition coefficient (Wildman–Crippen LogP) is 8.48. The summed E-state index contributed by atoms with van der Waals surface area (Å²) in [6.45, 7) is 19.4. The van der Waals surface area contributed by atoms with Crippen molar-refractivity contribution in [2.45, 2.75) is 51.0 Å². The molecular formula is C30H36F4O3. The molecule has 3 nitrogen and oxygen atoms in total. The number of benzene rings is 1. The van der Waals surface area contributed by atoms with Gasteiger partial charge in [0.15, 0.2) is 17.4 Å². The van der Waals surface area contributed by atoms with Gasteiger partial charge in [-0.3, -0.25) is 0 Å². The van der Waals surface area contributed by atoms with E-state index in [0.29, 0.717) is 31.3 Å². The second kappa shape index (κ2) is 15.7. The molecule has 202 valence electrons. The minimum Gasteiger partial charge on any atom is -0.494 e. The second-order valence-electron chi connectivity index (χ2n) is 8.52. The fraction of sp³-hybridized carbons (Fsp3) is 0.333. The van der Waals surface area contributed by atoms with E-state index in [9.17, 15) is 22.7 Å². The van der Waals surface area contributed by atoms with Crippen LogP contribution in [0.25, 0.3) is 0 Å². The Morgan fingerprint density at radius 1 is 1.00 bits per heavy atom. The molecule has 0 aromatic heterocycles. The largest absolute Gasteiger partial charge is 0.494 e. The van der Waals surface area contributed by atoms with Crippen molar-refractivity contribution >= 4 is 0 Å². The van der Waals surface area contributed by atoms with Gasteiger partial charge in [-0.1, -0.05) is 57.5 Å². The summed E-state index contributed by atoms with van der Waals surface area (Å²) < 4.78 is 66.8. The van der Waals surface area contributed by atoms with Crippen LogP contribution in [0.3, 0.4) is 0 Å². The van der Waals surface area contributed by atoms with Crippen molar-refractivity contribution in [3.63, 3.8) is 0 Å². The van der Waals surface area contributed by atoms with Crippen LogP contribution >= 0.6 is 0 Å². The summed E-state index contributed by atoms with van der Waals surface area (Å²) in [6, 6.07) is 2.86. The van der Waals surface area contributed by atoms with Gasteiger partial charge in [-0.25, -0.2) is 8.78 Å². The lowest BCUT2D eigenvalue weighted by atomic mass is 9.82. The van der Waals surface area contributed by atoms with Crippen LogP contribution in [0.5, 0.6) is 5.75 Å². The van der Waals surface area contributed by atoms with E-state index < -0.39 is 29.0 Å². The molecule has 1 aromatic rings. The van der Waals surface area contributed by atoms with Gasteiger partial charge < -0.3 is 14.6 Å². The van der Waals surface area contributed by atoms with Crippen LogP contribution in [-0.2, 0) is 4.74 Å². The Morgan fingerprint density at radius 2 is 1.59 bits per heavy atom. The maximum atomic E-state index is 14.6. The first-order chi connectivity index (χ1) is 17.5. The Labute approximate surface area is 217 Å². The van der Waals surface area contributed by atoms with Crippen molar-refractivity contribution in [2.75, 3.05) is 13.7 Å². The lowest BCUT2D eigenvalue weighted by Gasteiger charge is -2.26. The van der Waals surface area contributed by atoms with Gasteiger partial charge in [-0.2, -0.15) is 8.78 Å². The molecule has 1 aromatic carbocycles. The fourth-order valence-corrected chi connectivity index (χ4v) is 3.38. The highest BCUT2D eigenvalue weighted by Crippen LogP contribution is 2.36. The molecule has 1 aliphatic carbocycles. The third-order valence-corrected chi connectivity index (χ3v) is 5.77. The number of methoxy groups -OCH3 is 1. The quantitative estimate of drug-likeness (QED) is 0.138. The number of ether oxygens (including phenoxy) is 2. The zero-order chi connectivity index (χ0) is 28.1. The second-order valence-corrected chi connectivity index (χ2v) is 8.52. The Bertz CT molecular complexity index is 1060. The molecule has 0 radical (unpaired) electrons. The highest BCUT2D eigenvalue weighted by Gasteiger charge is 2.25. The zero-order valence-corrected chi connectivity index (χ0v) is 21.6. The van der Waals surface area contributed by atoms with Gasteiger partial charge in [0, 0.05) is 5.57 Å². The average molecular weight is 521 g/mol. The van der Waals surface area contributed by atoms with Crippen LogP contribution in [0, 0.1) is 11.6 Å². The lowest BCUT2D eigenvalue weighted by molar-refractivity contribution is 0.122. The molecule has 0 amide bonds. The Balaban J connectivity index is 0.00000159. The van der Waals surface area contributed by atoms with Crippen LogP contribution in [0.1, 0.15) is 50.5 Å². The maximum absolute atomic E-state index is 14.6. The Hall–Kier alpha value is -3.32. The topological polar surface area (TPSA) is 38.7 Å². The first-order valence-electron chi connectivity index (χ1n) is 11.9. The van der Waals surface area contributed by atoms with E-state index in [1.165, 1.54) is 24.3 Å². The summed E-state index contributed by atoms with van der Waals surface area (Å²) in [5.74, 6) is -5.48. The van der Waals surface area contributed by atoms with Gasteiger partial charge in [0.2, 0.25) is 11.6 Å². The molecule has 0 spiro atoms. The smallest absolute Gasteiger partial charge is 0.200 e. The molecule has 0 bridgehead atoms. The normalized spacial score (nSPS) is 17.7. The molecule has 1 aliphatic rings. The van der Waals surface area contributed by atoms with Crippen LogP contribution in [-0.4, -0.2) is 24.9 Å². The van der Waals surface area contributed by atoms with Crippen molar-refractivity contribution in [2.24, 2.45) is 0 Å². The molecule has 0 aliphatic heterocycles. The molecule has 1 fully saturated rings. The Morgan fingerprint density at radius 3 is 2.14 bits per heavy atom. The van der Waals surface area contributed by atoms with Gasteiger partial charge in [0.05, 0.1) is 13.2 Å². The molecule has 1 saturated carbocycles. The summed E-state index contributed by atoms with van der Waals surface area (Å²) in [5.41, 5.74) is 0.375. The molecule has 37 heavy (non-hydrogen) atoms. The van der Waals surface area contributed by atoms with Crippen molar-refractivity contribution in [3.05, 3.63) is 115 Å². The van der Waals surface area contributed by atoms with Gasteiger partial charge in [0.1, 0.15) is 12.4 Å². The first-order valence-corrected chi connectivity index (χ1v) is 11.9. The molecule has 0 heterocycles. The highest BCUT2D eigenvalue weighted by atomic mass is 19.2. The fourth-order valence-electron chi connectivity index (χ4n) is 3.38. The first kappa shape index (κ1) is 31.7. The minimum atomic E-state index is -1.29. The molecule has 0 saturated heterocycles. The van der Waals surface area contributed by atoms with E-state index in [-0.39, 0.29) is 41.1 Å². The van der Waals surface area contributed by atoms with E-state index in [0.717, 1.165) is 13.5 Å². The molecule has 0 atom stereocenters. The zero-order valence-electron chi connectivity index (χ0n) is 21.6. The van der Waals surface area contributed by atoms with Crippen LogP contribution in [0.2, 0.25) is 0 Å². The third kappa shape index (κ3) is 9.57. The van der Waals surface area contributed by atoms with Crippen molar-refractivity contribution in [3.8, 4) is 5.75 Å². The van der Waals surface area contributed by atoms with Gasteiger partial charge in [-0.15, -0.1) is 6.58 Å². The standard InChI is InChI=1S/C26H28F4O3.C4H8/c1-15(6-7-16(2)17(3)23(27)24(28)18(4)32-5)14-33-22-13-12-21(25(29)26(22)30)19-8-10-20(31)11-9-19;1-3-4-2/h6-7,12-13,19-20,31H,1-4,8-11,14H2,5H3;3H,1,4H2,2H3/b7-6-,24-23-;. The molecule has 7 heteroatoms. The van der Waals surface area contributed by atoms with Gasteiger partial charge >= 0.3 is 0 Å². The highest BCUT2D eigenvalue weighted by molar-refractivity contribution is 5.49. The number of allylic oxidation sites excluding steroid dienone is 6. The number of hydrogen-bond donors (Lipinski definition) is 1. The average Bonchev–Trinajstić information content (AvgIpc) is 2.91. The summed E-state index contributed by atoms with van der Waals surface area (Å²) >= 11 is 0. The van der Waals surface area contributed by atoms with E-state index in [4.69, 9.17) is 4.74 Å². The molecule has 1 N–H and O–H groups in total. The molecular weight excluding hydrogens is 484 g/mol. The number of rotatable bonds is 11. The van der Waals surface area contributed by atoms with Gasteiger partial charge in [0.25, 0.3) is 0 Å². The molecule has 0 unspecified atom stereocenters.